The third-order valence-corrected chi connectivity index (χ3v) is 5.06. The van der Waals surface area contributed by atoms with Crippen LogP contribution in [0.5, 0.6) is 0 Å². The highest BCUT2D eigenvalue weighted by Crippen LogP contribution is 2.33. The molecular formula is C18H30Br2N2. The molecule has 1 aromatic carbocycles. The predicted octanol–water partition coefficient (Wildman–Crippen LogP) is 7.20. The number of hydrogen-bond donors (Lipinski definition) is 2. The predicted molar refractivity (Wildman–Crippen MR) is 107 cm³/mol. The number of halogens is 2. The average molecular weight is 434 g/mol. The molecule has 0 saturated heterocycles. The van der Waals surface area contributed by atoms with Gasteiger partial charge in [0.15, 0.2) is 0 Å². The lowest BCUT2D eigenvalue weighted by molar-refractivity contribution is 0.684. The molecule has 0 saturated carbocycles. The fraction of sp³-hybridized carbons (Fsp3) is 0.667. The van der Waals surface area contributed by atoms with Crippen molar-refractivity contribution in [3.05, 3.63) is 21.1 Å². The van der Waals surface area contributed by atoms with Crippen molar-refractivity contribution in [2.75, 3.05) is 23.7 Å². The summed E-state index contributed by atoms with van der Waals surface area (Å²) < 4.78 is 2.23. The second-order valence-electron chi connectivity index (χ2n) is 5.79. The largest absolute Gasteiger partial charge is 0.384 e. The zero-order chi connectivity index (χ0) is 16.2. The molecule has 0 spiro atoms. The SMILES string of the molecule is CCCCCCNc1cc(NCCCCCC)c(Br)cc1Br. The Balaban J connectivity index is 2.46. The molecule has 0 aliphatic carbocycles. The Kier molecular flexibility index (Phi) is 11.0. The average Bonchev–Trinajstić information content (AvgIpc) is 2.50. The third-order valence-electron chi connectivity index (χ3n) is 3.75. The second kappa shape index (κ2) is 12.2. The molecule has 1 rings (SSSR count). The van der Waals surface area contributed by atoms with Gasteiger partial charge in [-0.25, -0.2) is 0 Å². The summed E-state index contributed by atoms with van der Waals surface area (Å²) in [5, 5.41) is 7.08. The van der Waals surface area contributed by atoms with E-state index >= 15 is 0 Å². The van der Waals surface area contributed by atoms with E-state index in [1.807, 2.05) is 0 Å². The Bertz CT molecular complexity index is 387. The van der Waals surface area contributed by atoms with Gasteiger partial charge < -0.3 is 10.6 Å². The summed E-state index contributed by atoms with van der Waals surface area (Å²) in [7, 11) is 0. The van der Waals surface area contributed by atoms with E-state index in [-0.39, 0.29) is 0 Å². The Morgan fingerprint density at radius 1 is 0.682 bits per heavy atom. The van der Waals surface area contributed by atoms with Crippen molar-refractivity contribution in [3.8, 4) is 0 Å². The minimum atomic E-state index is 1.04. The first kappa shape index (κ1) is 19.8. The molecule has 126 valence electrons. The number of nitrogens with one attached hydrogen (secondary N) is 2. The fourth-order valence-corrected chi connectivity index (χ4v) is 3.64. The van der Waals surface area contributed by atoms with Crippen LogP contribution in [0.3, 0.4) is 0 Å². The van der Waals surface area contributed by atoms with E-state index in [9.17, 15) is 0 Å². The zero-order valence-corrected chi connectivity index (χ0v) is 17.2. The standard InChI is InChI=1S/C18H30Br2N2/c1-3-5-7-9-11-21-17-14-18(16(20)13-15(17)19)22-12-10-8-6-4-2/h13-14,21-22H,3-12H2,1-2H3. The van der Waals surface area contributed by atoms with Crippen LogP contribution < -0.4 is 10.6 Å². The highest BCUT2D eigenvalue weighted by molar-refractivity contribution is 9.11. The molecule has 0 bridgehead atoms. The lowest BCUT2D eigenvalue weighted by Gasteiger charge is -2.14. The molecule has 22 heavy (non-hydrogen) atoms. The number of hydrogen-bond acceptors (Lipinski definition) is 2. The summed E-state index contributed by atoms with van der Waals surface area (Å²) in [5.41, 5.74) is 2.35. The van der Waals surface area contributed by atoms with Gasteiger partial charge in [-0.1, -0.05) is 52.4 Å². The number of unbranched alkanes of at least 4 members (excludes halogenated alkanes) is 6. The first-order chi connectivity index (χ1) is 10.7. The van der Waals surface area contributed by atoms with E-state index in [0.717, 1.165) is 22.0 Å². The van der Waals surface area contributed by atoms with Gasteiger partial charge in [0.25, 0.3) is 0 Å². The van der Waals surface area contributed by atoms with Crippen LogP contribution in [-0.4, -0.2) is 13.1 Å². The van der Waals surface area contributed by atoms with E-state index < -0.39 is 0 Å². The topological polar surface area (TPSA) is 24.1 Å². The summed E-state index contributed by atoms with van der Waals surface area (Å²) in [4.78, 5) is 0. The highest BCUT2D eigenvalue weighted by atomic mass is 79.9. The number of anilines is 2. The van der Waals surface area contributed by atoms with Crippen LogP contribution in [0.2, 0.25) is 0 Å². The quantitative estimate of drug-likeness (QED) is 0.340. The van der Waals surface area contributed by atoms with Crippen LogP contribution in [0.4, 0.5) is 11.4 Å². The van der Waals surface area contributed by atoms with Gasteiger partial charge in [0.2, 0.25) is 0 Å². The summed E-state index contributed by atoms with van der Waals surface area (Å²) in [6, 6.07) is 4.33. The maximum atomic E-state index is 3.65. The van der Waals surface area contributed by atoms with E-state index in [1.54, 1.807) is 0 Å². The van der Waals surface area contributed by atoms with Gasteiger partial charge in [-0.2, -0.15) is 0 Å². The van der Waals surface area contributed by atoms with E-state index in [1.165, 1.54) is 62.7 Å². The van der Waals surface area contributed by atoms with Crippen molar-refractivity contribution < 1.29 is 0 Å². The minimum absolute atomic E-state index is 1.04. The molecule has 2 N–H and O–H groups in total. The lowest BCUT2D eigenvalue weighted by Crippen LogP contribution is -2.05. The summed E-state index contributed by atoms with van der Waals surface area (Å²) in [6.07, 6.45) is 10.3. The molecule has 0 aliphatic rings. The fourth-order valence-electron chi connectivity index (χ4n) is 2.37. The molecular weight excluding hydrogens is 404 g/mol. The Hall–Kier alpha value is -0.220. The van der Waals surface area contributed by atoms with Crippen LogP contribution in [-0.2, 0) is 0 Å². The van der Waals surface area contributed by atoms with Gasteiger partial charge in [-0.3, -0.25) is 0 Å². The molecule has 0 radical (unpaired) electrons. The van der Waals surface area contributed by atoms with Gasteiger partial charge in [0.05, 0.1) is 11.4 Å². The summed E-state index contributed by atoms with van der Waals surface area (Å²) in [6.45, 7) is 6.57. The van der Waals surface area contributed by atoms with E-state index in [0.29, 0.717) is 0 Å². The van der Waals surface area contributed by atoms with Gasteiger partial charge in [-0.15, -0.1) is 0 Å². The highest BCUT2D eigenvalue weighted by Gasteiger charge is 2.06. The van der Waals surface area contributed by atoms with Crippen LogP contribution in [0.1, 0.15) is 65.2 Å². The lowest BCUT2D eigenvalue weighted by atomic mass is 10.2. The Morgan fingerprint density at radius 3 is 1.55 bits per heavy atom. The van der Waals surface area contributed by atoms with Crippen molar-refractivity contribution >= 4 is 43.2 Å². The number of benzene rings is 1. The molecule has 0 heterocycles. The summed E-state index contributed by atoms with van der Waals surface area (Å²) >= 11 is 7.29. The van der Waals surface area contributed by atoms with Gasteiger partial charge in [0.1, 0.15) is 0 Å². The maximum absolute atomic E-state index is 3.65. The van der Waals surface area contributed by atoms with E-state index in [4.69, 9.17) is 0 Å². The van der Waals surface area contributed by atoms with Crippen LogP contribution in [0.25, 0.3) is 0 Å². The second-order valence-corrected chi connectivity index (χ2v) is 7.50. The monoisotopic (exact) mass is 432 g/mol. The first-order valence-electron chi connectivity index (χ1n) is 8.65. The van der Waals surface area contributed by atoms with Gasteiger partial charge >= 0.3 is 0 Å². The molecule has 2 nitrogen and oxygen atoms in total. The molecule has 0 atom stereocenters. The Morgan fingerprint density at radius 2 is 1.14 bits per heavy atom. The van der Waals surface area contributed by atoms with E-state index in [2.05, 4.69) is 68.5 Å². The molecule has 1 aromatic rings. The minimum Gasteiger partial charge on any atom is -0.384 e. The maximum Gasteiger partial charge on any atom is 0.0506 e. The molecule has 0 amide bonds. The first-order valence-corrected chi connectivity index (χ1v) is 10.2. The zero-order valence-electron chi connectivity index (χ0n) is 14.0. The Labute approximate surface area is 153 Å². The van der Waals surface area contributed by atoms with Gasteiger partial charge in [0, 0.05) is 22.0 Å². The molecule has 4 heteroatoms. The van der Waals surface area contributed by atoms with Crippen LogP contribution >= 0.6 is 31.9 Å². The van der Waals surface area contributed by atoms with Crippen molar-refractivity contribution in [1.82, 2.24) is 0 Å². The molecule has 0 aliphatic heterocycles. The third kappa shape index (κ3) is 7.87. The molecule has 0 unspecified atom stereocenters. The van der Waals surface area contributed by atoms with Crippen molar-refractivity contribution in [2.45, 2.75) is 65.2 Å². The van der Waals surface area contributed by atoms with Crippen LogP contribution in [0.15, 0.2) is 21.1 Å². The molecule has 0 fully saturated rings. The smallest absolute Gasteiger partial charge is 0.0506 e. The summed E-state index contributed by atoms with van der Waals surface area (Å²) in [5.74, 6) is 0. The van der Waals surface area contributed by atoms with Crippen molar-refractivity contribution in [2.24, 2.45) is 0 Å². The normalized spacial score (nSPS) is 10.7. The van der Waals surface area contributed by atoms with Crippen molar-refractivity contribution in [3.63, 3.8) is 0 Å². The number of rotatable bonds is 12. The van der Waals surface area contributed by atoms with Crippen LogP contribution in [0, 0.1) is 0 Å². The molecule has 0 aromatic heterocycles. The van der Waals surface area contributed by atoms with Gasteiger partial charge in [-0.05, 0) is 56.8 Å². The van der Waals surface area contributed by atoms with Crippen molar-refractivity contribution in [1.29, 1.82) is 0 Å².